The van der Waals surface area contributed by atoms with Gasteiger partial charge in [0.2, 0.25) is 0 Å². The van der Waals surface area contributed by atoms with E-state index in [0.717, 1.165) is 35.1 Å². The molecule has 2 aromatic rings. The van der Waals surface area contributed by atoms with Crippen LogP contribution in [0.5, 0.6) is 0 Å². The first-order valence-electron chi connectivity index (χ1n) is 7.55. The van der Waals surface area contributed by atoms with Crippen molar-refractivity contribution < 1.29 is 5.11 Å². The van der Waals surface area contributed by atoms with E-state index >= 15 is 0 Å². The molecule has 2 atom stereocenters. The number of nitrogens with zero attached hydrogens (tertiary/aromatic N) is 2. The van der Waals surface area contributed by atoms with Crippen LogP contribution < -0.4 is 0 Å². The summed E-state index contributed by atoms with van der Waals surface area (Å²) in [5.74, 6) is 0.135. The zero-order valence-corrected chi connectivity index (χ0v) is 14.5. The number of rotatable bonds is 6. The lowest BCUT2D eigenvalue weighted by atomic mass is 9.93. The fraction of sp³-hybridized carbons (Fsp3) is 0.471. The molecule has 0 saturated carbocycles. The number of aliphatic hydroxyl groups excluding tert-OH is 1. The third kappa shape index (κ3) is 3.55. The number of aliphatic hydroxyl groups is 1. The number of aryl methyl sites for hydroxylation is 2. The summed E-state index contributed by atoms with van der Waals surface area (Å²) in [4.78, 5) is 0. The summed E-state index contributed by atoms with van der Waals surface area (Å²) in [5, 5.41) is 15.1. The topological polar surface area (TPSA) is 38.0 Å². The Morgan fingerprint density at radius 2 is 1.90 bits per heavy atom. The maximum atomic E-state index is 10.5. The molecule has 114 valence electrons. The van der Waals surface area contributed by atoms with E-state index in [4.69, 9.17) is 0 Å². The van der Waals surface area contributed by atoms with Crippen LogP contribution in [0.3, 0.4) is 0 Å². The molecule has 0 radical (unpaired) electrons. The van der Waals surface area contributed by atoms with E-state index in [0.29, 0.717) is 0 Å². The summed E-state index contributed by atoms with van der Waals surface area (Å²) in [5.41, 5.74) is 3.24. The Morgan fingerprint density at radius 3 is 2.48 bits per heavy atom. The van der Waals surface area contributed by atoms with Gasteiger partial charge in [0, 0.05) is 6.54 Å². The number of aromatic nitrogens is 2. The maximum absolute atomic E-state index is 10.5. The van der Waals surface area contributed by atoms with Gasteiger partial charge in [0.25, 0.3) is 0 Å². The van der Waals surface area contributed by atoms with E-state index in [1.54, 1.807) is 0 Å². The molecule has 0 aliphatic carbocycles. The quantitative estimate of drug-likeness (QED) is 0.849. The van der Waals surface area contributed by atoms with Gasteiger partial charge < -0.3 is 5.11 Å². The van der Waals surface area contributed by atoms with Gasteiger partial charge in [-0.1, -0.05) is 44.2 Å². The average molecular weight is 351 g/mol. The molecule has 2 unspecified atom stereocenters. The van der Waals surface area contributed by atoms with Crippen LogP contribution in [-0.4, -0.2) is 14.9 Å². The first-order chi connectivity index (χ1) is 10.1. The maximum Gasteiger partial charge on any atom is 0.0819 e. The zero-order valence-electron chi connectivity index (χ0n) is 12.9. The third-order valence-electron chi connectivity index (χ3n) is 3.89. The molecule has 0 saturated heterocycles. The summed E-state index contributed by atoms with van der Waals surface area (Å²) in [6.45, 7) is 7.14. The average Bonchev–Trinajstić information content (AvgIpc) is 2.83. The molecule has 0 aliphatic heterocycles. The van der Waals surface area contributed by atoms with E-state index < -0.39 is 6.10 Å². The van der Waals surface area contributed by atoms with Crippen molar-refractivity contribution in [2.75, 3.05) is 0 Å². The number of hydrogen-bond donors (Lipinski definition) is 1. The molecule has 0 amide bonds. The molecule has 0 spiro atoms. The molecule has 0 bridgehead atoms. The lowest BCUT2D eigenvalue weighted by molar-refractivity contribution is 0.116. The predicted octanol–water partition coefficient (Wildman–Crippen LogP) is 4.14. The molecule has 1 aromatic heterocycles. The second kappa shape index (κ2) is 7.23. The van der Waals surface area contributed by atoms with Gasteiger partial charge in [0.1, 0.15) is 0 Å². The molecule has 1 aromatic carbocycles. The van der Waals surface area contributed by atoms with Crippen LogP contribution in [0, 0.1) is 5.92 Å². The number of hydrogen-bond acceptors (Lipinski definition) is 2. The van der Waals surface area contributed by atoms with Crippen LogP contribution >= 0.6 is 15.9 Å². The molecule has 21 heavy (non-hydrogen) atoms. The van der Waals surface area contributed by atoms with Crippen LogP contribution in [0.25, 0.3) is 0 Å². The fourth-order valence-electron chi connectivity index (χ4n) is 2.61. The standard InChI is InChI=1S/C17H23BrN2O/c1-4-14-16(18)15(20(5-2)19-14)11-12(3)17(21)13-9-7-6-8-10-13/h6-10,12,17,21H,4-5,11H2,1-3H3. The van der Waals surface area contributed by atoms with Crippen molar-refractivity contribution in [3.8, 4) is 0 Å². The first-order valence-corrected chi connectivity index (χ1v) is 8.34. The highest BCUT2D eigenvalue weighted by molar-refractivity contribution is 9.10. The van der Waals surface area contributed by atoms with E-state index in [1.807, 2.05) is 35.0 Å². The monoisotopic (exact) mass is 350 g/mol. The second-order valence-corrected chi connectivity index (χ2v) is 6.21. The molecule has 4 heteroatoms. The van der Waals surface area contributed by atoms with E-state index in [1.165, 1.54) is 5.69 Å². The highest BCUT2D eigenvalue weighted by Gasteiger charge is 2.21. The Hall–Kier alpha value is -1.13. The third-order valence-corrected chi connectivity index (χ3v) is 4.80. The Kier molecular flexibility index (Phi) is 5.59. The number of halogens is 1. The smallest absolute Gasteiger partial charge is 0.0819 e. The van der Waals surface area contributed by atoms with Crippen LogP contribution in [0.1, 0.15) is 43.8 Å². The highest BCUT2D eigenvalue weighted by atomic mass is 79.9. The minimum absolute atomic E-state index is 0.135. The van der Waals surface area contributed by atoms with Gasteiger partial charge in [-0.25, -0.2) is 0 Å². The lowest BCUT2D eigenvalue weighted by Crippen LogP contribution is -2.15. The van der Waals surface area contributed by atoms with Crippen molar-refractivity contribution in [2.24, 2.45) is 5.92 Å². The summed E-state index contributed by atoms with van der Waals surface area (Å²) < 4.78 is 3.14. The molecule has 0 fully saturated rings. The zero-order chi connectivity index (χ0) is 15.4. The van der Waals surface area contributed by atoms with E-state index in [9.17, 15) is 5.11 Å². The summed E-state index contributed by atoms with van der Waals surface area (Å²) in [6, 6.07) is 9.85. The first kappa shape index (κ1) is 16.2. The predicted molar refractivity (Wildman–Crippen MR) is 89.2 cm³/mol. The minimum Gasteiger partial charge on any atom is -0.388 e. The SMILES string of the molecule is CCc1nn(CC)c(CC(C)C(O)c2ccccc2)c1Br. The van der Waals surface area contributed by atoms with Crippen molar-refractivity contribution >= 4 is 15.9 Å². The van der Waals surface area contributed by atoms with Crippen LogP contribution in [0.2, 0.25) is 0 Å². The van der Waals surface area contributed by atoms with Crippen molar-refractivity contribution in [3.63, 3.8) is 0 Å². The normalized spacial score (nSPS) is 14.1. The van der Waals surface area contributed by atoms with Gasteiger partial charge in [-0.15, -0.1) is 0 Å². The summed E-state index contributed by atoms with van der Waals surface area (Å²) in [6.07, 6.45) is 1.26. The van der Waals surface area contributed by atoms with Gasteiger partial charge in [-0.3, -0.25) is 4.68 Å². The Labute approximate surface area is 135 Å². The van der Waals surface area contributed by atoms with Crippen LogP contribution in [0.15, 0.2) is 34.8 Å². The largest absolute Gasteiger partial charge is 0.388 e. The van der Waals surface area contributed by atoms with Gasteiger partial charge in [-0.2, -0.15) is 5.10 Å². The lowest BCUT2D eigenvalue weighted by Gasteiger charge is -2.20. The molecule has 3 nitrogen and oxygen atoms in total. The molecule has 0 aliphatic rings. The molecule has 2 rings (SSSR count). The highest BCUT2D eigenvalue weighted by Crippen LogP contribution is 2.29. The van der Waals surface area contributed by atoms with Crippen molar-refractivity contribution in [1.29, 1.82) is 0 Å². The van der Waals surface area contributed by atoms with Crippen molar-refractivity contribution in [1.82, 2.24) is 9.78 Å². The van der Waals surface area contributed by atoms with Gasteiger partial charge in [0.05, 0.1) is 22.0 Å². The molecule has 1 heterocycles. The number of benzene rings is 1. The van der Waals surface area contributed by atoms with E-state index in [2.05, 4.69) is 41.8 Å². The summed E-state index contributed by atoms with van der Waals surface area (Å²) in [7, 11) is 0. The van der Waals surface area contributed by atoms with Crippen molar-refractivity contribution in [2.45, 2.75) is 46.3 Å². The van der Waals surface area contributed by atoms with Crippen LogP contribution in [0.4, 0.5) is 0 Å². The Bertz CT molecular complexity index is 580. The van der Waals surface area contributed by atoms with Gasteiger partial charge >= 0.3 is 0 Å². The van der Waals surface area contributed by atoms with Crippen molar-refractivity contribution in [3.05, 3.63) is 51.8 Å². The van der Waals surface area contributed by atoms with E-state index in [-0.39, 0.29) is 5.92 Å². The summed E-state index contributed by atoms with van der Waals surface area (Å²) >= 11 is 3.67. The van der Waals surface area contributed by atoms with Gasteiger partial charge in [0.15, 0.2) is 0 Å². The Morgan fingerprint density at radius 1 is 1.24 bits per heavy atom. The fourth-order valence-corrected chi connectivity index (χ4v) is 3.33. The molecule has 1 N–H and O–H groups in total. The molecular weight excluding hydrogens is 328 g/mol. The minimum atomic E-state index is -0.455. The molecular formula is C17H23BrN2O. The van der Waals surface area contributed by atoms with Crippen LogP contribution in [-0.2, 0) is 19.4 Å². The van der Waals surface area contributed by atoms with Gasteiger partial charge in [-0.05, 0) is 47.2 Å². The second-order valence-electron chi connectivity index (χ2n) is 5.41. The Balaban J connectivity index is 2.19.